The normalized spacial score (nSPS) is 49.0. The lowest BCUT2D eigenvalue weighted by atomic mass is 9.65. The first kappa shape index (κ1) is 16.1. The summed E-state index contributed by atoms with van der Waals surface area (Å²) >= 11 is 0. The van der Waals surface area contributed by atoms with Crippen LogP contribution in [0.2, 0.25) is 0 Å². The molecular formula is C14H18F4O4S. The molecule has 0 spiro atoms. The molecule has 0 aromatic heterocycles. The average molecular weight is 358 g/mol. The van der Waals surface area contributed by atoms with E-state index in [9.17, 15) is 31.1 Å². The van der Waals surface area contributed by atoms with Gasteiger partial charge in [-0.05, 0) is 61.2 Å². The van der Waals surface area contributed by atoms with Gasteiger partial charge >= 0.3 is 21.3 Å². The third-order valence-electron chi connectivity index (χ3n) is 6.96. The number of hydrogen-bond acceptors (Lipinski definition) is 3. The van der Waals surface area contributed by atoms with Crippen molar-refractivity contribution in [1.29, 1.82) is 0 Å². The molecule has 8 unspecified atom stereocenters. The van der Waals surface area contributed by atoms with Crippen LogP contribution in [0.5, 0.6) is 0 Å². The lowest BCUT2D eigenvalue weighted by Gasteiger charge is -2.43. The summed E-state index contributed by atoms with van der Waals surface area (Å²) in [6.07, 6.45) is 1.07. The van der Waals surface area contributed by atoms with E-state index in [1.54, 1.807) is 0 Å². The van der Waals surface area contributed by atoms with Crippen molar-refractivity contribution >= 4 is 10.1 Å². The minimum Gasteiger partial charge on any atom is -0.393 e. The highest BCUT2D eigenvalue weighted by atomic mass is 32.2. The van der Waals surface area contributed by atoms with Gasteiger partial charge < -0.3 is 5.11 Å². The monoisotopic (exact) mass is 358 g/mol. The number of fused-ring (bicyclic) bond motifs is 9. The Morgan fingerprint density at radius 2 is 1.43 bits per heavy atom. The van der Waals surface area contributed by atoms with Crippen LogP contribution in [0.25, 0.3) is 0 Å². The Morgan fingerprint density at radius 3 is 2.04 bits per heavy atom. The molecule has 8 atom stereocenters. The fraction of sp³-hybridized carbons (Fsp3) is 1.00. The molecule has 4 rings (SSSR count). The number of aliphatic hydroxyl groups is 1. The van der Waals surface area contributed by atoms with Crippen molar-refractivity contribution in [1.82, 2.24) is 0 Å². The molecule has 0 radical (unpaired) electrons. The Morgan fingerprint density at radius 1 is 0.870 bits per heavy atom. The second-order valence-corrected chi connectivity index (χ2v) is 9.20. The van der Waals surface area contributed by atoms with Gasteiger partial charge in [0.1, 0.15) is 0 Å². The lowest BCUT2D eigenvalue weighted by molar-refractivity contribution is -0.211. The van der Waals surface area contributed by atoms with E-state index in [0.29, 0.717) is 12.8 Å². The predicted molar refractivity (Wildman–Crippen MR) is 70.3 cm³/mol. The van der Waals surface area contributed by atoms with Crippen LogP contribution in [-0.2, 0) is 10.1 Å². The third-order valence-corrected chi connectivity index (χ3v) is 7.88. The van der Waals surface area contributed by atoms with Gasteiger partial charge in [0.25, 0.3) is 0 Å². The highest BCUT2D eigenvalue weighted by Crippen LogP contribution is 2.71. The topological polar surface area (TPSA) is 74.6 Å². The van der Waals surface area contributed by atoms with Crippen LogP contribution in [-0.4, -0.2) is 35.4 Å². The smallest absolute Gasteiger partial charge is 0.393 e. The van der Waals surface area contributed by atoms with Crippen molar-refractivity contribution in [3.05, 3.63) is 0 Å². The number of halogens is 4. The second kappa shape index (κ2) is 4.40. The van der Waals surface area contributed by atoms with Gasteiger partial charge in [-0.15, -0.1) is 0 Å². The lowest BCUT2D eigenvalue weighted by Crippen LogP contribution is -2.54. The zero-order chi connectivity index (χ0) is 16.9. The SMILES string of the molecule is O=S(=O)(O)C(F)(F)C(F)(F)C1CC2CC1C1C3CC(CC3O)C21. The predicted octanol–water partition coefficient (Wildman–Crippen LogP) is 2.39. The van der Waals surface area contributed by atoms with Crippen molar-refractivity contribution in [2.75, 3.05) is 0 Å². The van der Waals surface area contributed by atoms with Crippen LogP contribution in [0.4, 0.5) is 17.6 Å². The first-order valence-electron chi connectivity index (χ1n) is 7.87. The average Bonchev–Trinajstić information content (AvgIpc) is 3.13. The zero-order valence-electron chi connectivity index (χ0n) is 12.1. The van der Waals surface area contributed by atoms with Gasteiger partial charge in [-0.3, -0.25) is 4.55 Å². The first-order chi connectivity index (χ1) is 10.5. The zero-order valence-corrected chi connectivity index (χ0v) is 12.9. The van der Waals surface area contributed by atoms with E-state index < -0.39 is 39.2 Å². The number of hydrogen-bond donors (Lipinski definition) is 2. The van der Waals surface area contributed by atoms with Crippen LogP contribution < -0.4 is 0 Å². The van der Waals surface area contributed by atoms with E-state index >= 15 is 0 Å². The van der Waals surface area contributed by atoms with Crippen molar-refractivity contribution in [2.45, 2.75) is 43.0 Å². The highest BCUT2D eigenvalue weighted by Gasteiger charge is 2.75. The molecule has 0 aliphatic heterocycles. The summed E-state index contributed by atoms with van der Waals surface area (Å²) in [5.41, 5.74) is 0. The van der Waals surface area contributed by atoms with E-state index in [1.807, 2.05) is 0 Å². The largest absolute Gasteiger partial charge is 0.431 e. The Bertz CT molecular complexity index is 637. The molecule has 0 saturated heterocycles. The van der Waals surface area contributed by atoms with E-state index in [4.69, 9.17) is 4.55 Å². The van der Waals surface area contributed by atoms with E-state index in [2.05, 4.69) is 0 Å². The summed E-state index contributed by atoms with van der Waals surface area (Å²) in [4.78, 5) is 0. The molecule has 0 aromatic carbocycles. The van der Waals surface area contributed by atoms with Crippen molar-refractivity contribution in [2.24, 2.45) is 41.4 Å². The third kappa shape index (κ3) is 1.81. The quantitative estimate of drug-likeness (QED) is 0.462. The molecular weight excluding hydrogens is 340 g/mol. The van der Waals surface area contributed by atoms with Gasteiger partial charge in [-0.2, -0.15) is 26.0 Å². The fourth-order valence-corrected chi connectivity index (χ4v) is 6.87. The molecule has 4 saturated carbocycles. The van der Waals surface area contributed by atoms with Gasteiger partial charge in [-0.25, -0.2) is 0 Å². The number of rotatable bonds is 3. The standard InChI is InChI=1S/C14H18F4O4S/c15-13(16,14(17,18)23(20,21)22)9-3-5-1-7(9)12-8-2-6(11(5)12)4-10(8)19/h5-12,19H,1-4H2,(H,20,21,22). The minimum atomic E-state index is -6.19. The van der Waals surface area contributed by atoms with Crippen molar-refractivity contribution < 1.29 is 35.6 Å². The molecule has 23 heavy (non-hydrogen) atoms. The van der Waals surface area contributed by atoms with Crippen LogP contribution in [0.1, 0.15) is 25.7 Å². The Balaban J connectivity index is 1.66. The molecule has 0 amide bonds. The number of alkyl halides is 4. The molecule has 132 valence electrons. The van der Waals surface area contributed by atoms with Gasteiger partial charge in [0.05, 0.1) is 6.10 Å². The van der Waals surface area contributed by atoms with E-state index in [0.717, 1.165) is 6.42 Å². The van der Waals surface area contributed by atoms with Crippen molar-refractivity contribution in [3.8, 4) is 0 Å². The van der Waals surface area contributed by atoms with E-state index in [-0.39, 0.29) is 36.0 Å². The summed E-state index contributed by atoms with van der Waals surface area (Å²) < 4.78 is 86.0. The Kier molecular flexibility index (Phi) is 3.08. The highest BCUT2D eigenvalue weighted by molar-refractivity contribution is 7.87. The Hall–Kier alpha value is -0.410. The molecule has 4 bridgehead atoms. The minimum absolute atomic E-state index is 0.111. The molecule has 4 aliphatic carbocycles. The van der Waals surface area contributed by atoms with Crippen LogP contribution >= 0.6 is 0 Å². The van der Waals surface area contributed by atoms with Gasteiger partial charge in [-0.1, -0.05) is 0 Å². The van der Waals surface area contributed by atoms with E-state index in [1.165, 1.54) is 0 Å². The summed E-state index contributed by atoms with van der Waals surface area (Å²) in [7, 11) is -6.19. The summed E-state index contributed by atoms with van der Waals surface area (Å²) in [5, 5.41) is 4.52. The maximum atomic E-state index is 14.3. The van der Waals surface area contributed by atoms with Gasteiger partial charge in [0, 0.05) is 5.92 Å². The van der Waals surface area contributed by atoms with Crippen LogP contribution in [0.3, 0.4) is 0 Å². The molecule has 9 heteroatoms. The maximum absolute atomic E-state index is 14.3. The van der Waals surface area contributed by atoms with Gasteiger partial charge in [0.15, 0.2) is 0 Å². The van der Waals surface area contributed by atoms with Crippen molar-refractivity contribution in [3.63, 3.8) is 0 Å². The fourth-order valence-electron chi connectivity index (χ4n) is 6.37. The molecule has 4 nitrogen and oxygen atoms in total. The molecule has 4 aliphatic rings. The Labute approximate surface area is 131 Å². The van der Waals surface area contributed by atoms with Crippen LogP contribution in [0.15, 0.2) is 0 Å². The maximum Gasteiger partial charge on any atom is 0.431 e. The summed E-state index contributed by atoms with van der Waals surface area (Å²) in [5.74, 6) is -7.30. The molecule has 0 heterocycles. The van der Waals surface area contributed by atoms with Crippen LogP contribution in [0, 0.1) is 41.4 Å². The molecule has 0 aromatic rings. The first-order valence-corrected chi connectivity index (χ1v) is 9.31. The van der Waals surface area contributed by atoms with Gasteiger partial charge in [0.2, 0.25) is 0 Å². The second-order valence-electron chi connectivity index (χ2n) is 7.73. The molecule has 2 N–H and O–H groups in total. The molecule has 4 fully saturated rings. The number of aliphatic hydroxyl groups excluding tert-OH is 1. The summed E-state index contributed by atoms with van der Waals surface area (Å²) in [6.45, 7) is 0. The summed E-state index contributed by atoms with van der Waals surface area (Å²) in [6, 6.07) is 0.